The normalized spacial score (nSPS) is 9.31. The fourth-order valence-electron chi connectivity index (χ4n) is 1.28. The molecule has 0 N–H and O–H groups in total. The molecule has 16 heavy (non-hydrogen) atoms. The first-order valence-electron chi connectivity index (χ1n) is 4.97. The van der Waals surface area contributed by atoms with Crippen LogP contribution in [0.25, 0.3) is 0 Å². The number of benzene rings is 1. The molecule has 0 saturated heterocycles. The Bertz CT molecular complexity index is 408. The highest BCUT2D eigenvalue weighted by Gasteiger charge is 2.06. The maximum absolute atomic E-state index is 10.2. The van der Waals surface area contributed by atoms with E-state index >= 15 is 0 Å². The van der Waals surface area contributed by atoms with E-state index in [0.717, 1.165) is 12.0 Å². The van der Waals surface area contributed by atoms with E-state index in [9.17, 15) is 4.79 Å². The minimum atomic E-state index is 0.357. The Labute approximate surface area is 95.0 Å². The van der Waals surface area contributed by atoms with Crippen molar-refractivity contribution < 1.29 is 9.53 Å². The molecule has 1 aromatic rings. The van der Waals surface area contributed by atoms with Gasteiger partial charge < -0.3 is 14.4 Å². The lowest BCUT2D eigenvalue weighted by molar-refractivity contribution is -0.108. The second-order valence-corrected chi connectivity index (χ2v) is 3.49. The van der Waals surface area contributed by atoms with E-state index in [0.29, 0.717) is 24.3 Å². The van der Waals surface area contributed by atoms with Gasteiger partial charge in [0.15, 0.2) is 0 Å². The van der Waals surface area contributed by atoms with Crippen molar-refractivity contribution in [2.75, 3.05) is 25.6 Å². The predicted molar refractivity (Wildman–Crippen MR) is 61.7 cm³/mol. The van der Waals surface area contributed by atoms with Gasteiger partial charge in [0, 0.05) is 20.5 Å². The first-order chi connectivity index (χ1) is 7.69. The molecule has 0 radical (unpaired) electrons. The highest BCUT2D eigenvalue weighted by Crippen LogP contribution is 2.27. The second kappa shape index (κ2) is 5.76. The zero-order valence-corrected chi connectivity index (χ0v) is 9.43. The highest BCUT2D eigenvalue weighted by atomic mass is 16.5. The quantitative estimate of drug-likeness (QED) is 0.556. The third-order valence-corrected chi connectivity index (χ3v) is 2.06. The first-order valence-corrected chi connectivity index (χ1v) is 4.97. The van der Waals surface area contributed by atoms with Crippen LogP contribution in [0.1, 0.15) is 12.0 Å². The Morgan fingerprint density at radius 3 is 2.81 bits per heavy atom. The monoisotopic (exact) mass is 218 g/mol. The Hall–Kier alpha value is -2.02. The maximum atomic E-state index is 10.2. The Balaban J connectivity index is 2.90. The Morgan fingerprint density at radius 1 is 1.50 bits per heavy atom. The van der Waals surface area contributed by atoms with E-state index in [4.69, 9.17) is 10.00 Å². The molecule has 0 aliphatic carbocycles. The summed E-state index contributed by atoms with van der Waals surface area (Å²) in [5.41, 5.74) is 1.43. The van der Waals surface area contributed by atoms with Gasteiger partial charge in [-0.2, -0.15) is 5.26 Å². The first kappa shape index (κ1) is 12.1. The fourth-order valence-corrected chi connectivity index (χ4v) is 1.28. The zero-order valence-electron chi connectivity index (χ0n) is 9.43. The van der Waals surface area contributed by atoms with Crippen LogP contribution in [-0.2, 0) is 4.79 Å². The molecule has 0 spiro atoms. The summed E-state index contributed by atoms with van der Waals surface area (Å²) in [4.78, 5) is 12.1. The van der Waals surface area contributed by atoms with Crippen LogP contribution >= 0.6 is 0 Å². The summed E-state index contributed by atoms with van der Waals surface area (Å²) in [6.45, 7) is 0.357. The Morgan fingerprint density at radius 2 is 2.25 bits per heavy atom. The van der Waals surface area contributed by atoms with Gasteiger partial charge in [0.25, 0.3) is 0 Å². The van der Waals surface area contributed by atoms with Gasteiger partial charge >= 0.3 is 0 Å². The zero-order chi connectivity index (χ0) is 12.0. The molecule has 0 aliphatic rings. The van der Waals surface area contributed by atoms with Crippen molar-refractivity contribution >= 4 is 12.0 Å². The number of aldehydes is 1. The van der Waals surface area contributed by atoms with Crippen molar-refractivity contribution in [2.24, 2.45) is 0 Å². The molecule has 0 atom stereocenters. The molecule has 0 heterocycles. The number of rotatable bonds is 5. The molecule has 0 saturated carbocycles. The molecule has 4 nitrogen and oxygen atoms in total. The van der Waals surface area contributed by atoms with Crippen molar-refractivity contribution in [3.63, 3.8) is 0 Å². The number of nitriles is 1. The summed E-state index contributed by atoms with van der Waals surface area (Å²) in [6.07, 6.45) is 1.19. The van der Waals surface area contributed by atoms with Crippen LogP contribution in [0.4, 0.5) is 5.69 Å². The lowest BCUT2D eigenvalue weighted by Crippen LogP contribution is -2.11. The van der Waals surface area contributed by atoms with E-state index < -0.39 is 0 Å². The number of nitrogens with zero attached hydrogens (tertiary/aromatic N) is 2. The number of ether oxygens (including phenoxy) is 1. The van der Waals surface area contributed by atoms with E-state index in [1.807, 2.05) is 19.0 Å². The molecule has 0 unspecified atom stereocenters. The van der Waals surface area contributed by atoms with Crippen molar-refractivity contribution in [1.82, 2.24) is 0 Å². The largest absolute Gasteiger partial charge is 0.491 e. The van der Waals surface area contributed by atoms with Gasteiger partial charge in [-0.15, -0.1) is 0 Å². The molecule has 0 aromatic heterocycles. The minimum absolute atomic E-state index is 0.357. The van der Waals surface area contributed by atoms with Crippen molar-refractivity contribution in [2.45, 2.75) is 6.42 Å². The number of carbonyl (C=O) groups excluding carboxylic acids is 1. The number of hydrogen-bond donors (Lipinski definition) is 0. The molecule has 0 aliphatic heterocycles. The third kappa shape index (κ3) is 2.99. The molecule has 4 heteroatoms. The summed E-state index contributed by atoms with van der Waals surface area (Å²) < 4.78 is 5.46. The SMILES string of the molecule is CN(C)c1cc(C#N)ccc1OCCC=O. The molecule has 1 aromatic carbocycles. The predicted octanol–water partition coefficient (Wildman–Crippen LogP) is 1.59. The summed E-state index contributed by atoms with van der Waals surface area (Å²) in [5, 5.41) is 8.79. The summed E-state index contributed by atoms with van der Waals surface area (Å²) >= 11 is 0. The van der Waals surface area contributed by atoms with Crippen LogP contribution in [0.15, 0.2) is 18.2 Å². The second-order valence-electron chi connectivity index (χ2n) is 3.49. The number of anilines is 1. The van der Waals surface area contributed by atoms with Crippen LogP contribution in [0.2, 0.25) is 0 Å². The van der Waals surface area contributed by atoms with Crippen LogP contribution in [0.5, 0.6) is 5.75 Å². The molecule has 0 fully saturated rings. The molecule has 0 amide bonds. The van der Waals surface area contributed by atoms with E-state index in [1.165, 1.54) is 0 Å². The molecular formula is C12H14N2O2. The standard InChI is InChI=1S/C12H14N2O2/c1-14(2)11-8-10(9-13)4-5-12(11)16-7-3-6-15/h4-6,8H,3,7H2,1-2H3. The smallest absolute Gasteiger partial charge is 0.142 e. The average molecular weight is 218 g/mol. The minimum Gasteiger partial charge on any atom is -0.491 e. The fraction of sp³-hybridized carbons (Fsp3) is 0.333. The van der Waals surface area contributed by atoms with Gasteiger partial charge in [0.2, 0.25) is 0 Å². The summed E-state index contributed by atoms with van der Waals surface area (Å²) in [7, 11) is 3.76. The van der Waals surface area contributed by atoms with Crippen LogP contribution in [0, 0.1) is 11.3 Å². The van der Waals surface area contributed by atoms with E-state index in [-0.39, 0.29) is 0 Å². The van der Waals surface area contributed by atoms with Crippen molar-refractivity contribution in [1.29, 1.82) is 5.26 Å². The van der Waals surface area contributed by atoms with Gasteiger partial charge in [-0.05, 0) is 18.2 Å². The van der Waals surface area contributed by atoms with Crippen LogP contribution in [-0.4, -0.2) is 27.0 Å². The third-order valence-electron chi connectivity index (χ3n) is 2.06. The highest BCUT2D eigenvalue weighted by molar-refractivity contribution is 5.61. The van der Waals surface area contributed by atoms with E-state index in [2.05, 4.69) is 6.07 Å². The molecule has 1 rings (SSSR count). The topological polar surface area (TPSA) is 53.3 Å². The number of hydrogen-bond acceptors (Lipinski definition) is 4. The number of carbonyl (C=O) groups is 1. The molecule has 84 valence electrons. The average Bonchev–Trinajstić information content (AvgIpc) is 2.29. The lowest BCUT2D eigenvalue weighted by atomic mass is 10.2. The van der Waals surface area contributed by atoms with Crippen LogP contribution < -0.4 is 9.64 Å². The molecule has 0 bridgehead atoms. The lowest BCUT2D eigenvalue weighted by Gasteiger charge is -2.17. The Kier molecular flexibility index (Phi) is 4.34. The van der Waals surface area contributed by atoms with Gasteiger partial charge in [-0.1, -0.05) is 0 Å². The van der Waals surface area contributed by atoms with Crippen molar-refractivity contribution in [3.05, 3.63) is 23.8 Å². The van der Waals surface area contributed by atoms with Gasteiger partial charge in [0.05, 0.1) is 23.9 Å². The summed E-state index contributed by atoms with van der Waals surface area (Å²) in [5.74, 6) is 0.686. The van der Waals surface area contributed by atoms with Crippen LogP contribution in [0.3, 0.4) is 0 Å². The molecular weight excluding hydrogens is 204 g/mol. The van der Waals surface area contributed by atoms with Gasteiger partial charge in [-0.25, -0.2) is 0 Å². The maximum Gasteiger partial charge on any atom is 0.142 e. The van der Waals surface area contributed by atoms with Gasteiger partial charge in [-0.3, -0.25) is 0 Å². The van der Waals surface area contributed by atoms with E-state index in [1.54, 1.807) is 18.2 Å². The van der Waals surface area contributed by atoms with Gasteiger partial charge in [0.1, 0.15) is 12.0 Å². The summed E-state index contributed by atoms with van der Waals surface area (Å²) in [6, 6.07) is 7.28. The van der Waals surface area contributed by atoms with Crippen molar-refractivity contribution in [3.8, 4) is 11.8 Å².